The number of nitrogens with two attached hydrogens (primary N) is 1. The molecule has 106 valence electrons. The van der Waals surface area contributed by atoms with Gasteiger partial charge in [-0.15, -0.1) is 11.3 Å². The van der Waals surface area contributed by atoms with Crippen LogP contribution < -0.4 is 5.73 Å². The minimum atomic E-state index is 0.143. The maximum absolute atomic E-state index is 6.30. The second-order valence-corrected chi connectivity index (χ2v) is 8.09. The van der Waals surface area contributed by atoms with E-state index >= 15 is 0 Å². The van der Waals surface area contributed by atoms with E-state index in [0.717, 1.165) is 13.2 Å². The first-order valence-electron chi connectivity index (χ1n) is 7.05. The number of rotatable bonds is 3. The van der Waals surface area contributed by atoms with Crippen LogP contribution in [0.1, 0.15) is 37.1 Å². The second-order valence-electron chi connectivity index (χ2n) is 5.59. The third kappa shape index (κ3) is 2.76. The van der Waals surface area contributed by atoms with E-state index in [1.807, 2.05) is 0 Å². The molecule has 2 N–H and O–H groups in total. The molecule has 2 heterocycles. The van der Waals surface area contributed by atoms with Crippen LogP contribution >= 0.6 is 27.3 Å². The minimum absolute atomic E-state index is 0.143. The molecule has 4 unspecified atom stereocenters. The Morgan fingerprint density at radius 3 is 3.00 bits per heavy atom. The number of halogens is 1. The van der Waals surface area contributed by atoms with Gasteiger partial charge in [-0.25, -0.2) is 0 Å². The van der Waals surface area contributed by atoms with Crippen molar-refractivity contribution in [3.8, 4) is 0 Å². The van der Waals surface area contributed by atoms with Crippen molar-refractivity contribution in [3.05, 3.63) is 20.8 Å². The van der Waals surface area contributed by atoms with Crippen LogP contribution in [0.15, 0.2) is 15.9 Å². The average molecular weight is 345 g/mol. The Balaban J connectivity index is 1.87. The molecule has 5 heteroatoms. The van der Waals surface area contributed by atoms with Crippen molar-refractivity contribution >= 4 is 27.3 Å². The summed E-state index contributed by atoms with van der Waals surface area (Å²) in [7, 11) is 0. The monoisotopic (exact) mass is 344 g/mol. The lowest BCUT2D eigenvalue weighted by atomic mass is 10.0. The molecule has 0 bridgehead atoms. The van der Waals surface area contributed by atoms with E-state index in [0.29, 0.717) is 18.2 Å². The van der Waals surface area contributed by atoms with Crippen LogP contribution in [0.3, 0.4) is 0 Å². The Morgan fingerprint density at radius 2 is 2.32 bits per heavy atom. The summed E-state index contributed by atoms with van der Waals surface area (Å²) in [5.74, 6) is 0. The van der Waals surface area contributed by atoms with Crippen LogP contribution in [0, 0.1) is 0 Å². The van der Waals surface area contributed by atoms with E-state index in [4.69, 9.17) is 10.5 Å². The number of thiophene rings is 1. The zero-order valence-electron chi connectivity index (χ0n) is 11.2. The number of morpholine rings is 1. The van der Waals surface area contributed by atoms with E-state index in [1.54, 1.807) is 11.3 Å². The van der Waals surface area contributed by atoms with Crippen molar-refractivity contribution < 1.29 is 4.74 Å². The molecule has 1 saturated carbocycles. The molecule has 1 aliphatic heterocycles. The highest BCUT2D eigenvalue weighted by Crippen LogP contribution is 2.39. The number of hydrogen-bond acceptors (Lipinski definition) is 4. The number of hydrogen-bond donors (Lipinski definition) is 1. The number of fused-ring (bicyclic) bond motifs is 1. The largest absolute Gasteiger partial charge is 0.375 e. The molecule has 2 aliphatic rings. The van der Waals surface area contributed by atoms with Crippen molar-refractivity contribution in [2.24, 2.45) is 5.73 Å². The first-order valence-corrected chi connectivity index (χ1v) is 8.66. The van der Waals surface area contributed by atoms with Crippen LogP contribution in [0.2, 0.25) is 0 Å². The molecule has 3 rings (SSSR count). The third-order valence-electron chi connectivity index (χ3n) is 4.27. The molecule has 4 atom stereocenters. The molecule has 2 fully saturated rings. The SMILES string of the molecule is CC(N)C(c1ccc(Br)s1)N1CCOC2CCCC21. The van der Waals surface area contributed by atoms with Crippen molar-refractivity contribution in [2.45, 2.75) is 50.4 Å². The van der Waals surface area contributed by atoms with E-state index in [9.17, 15) is 0 Å². The van der Waals surface area contributed by atoms with Gasteiger partial charge in [0.15, 0.2) is 0 Å². The smallest absolute Gasteiger partial charge is 0.0731 e. The molecule has 19 heavy (non-hydrogen) atoms. The van der Waals surface area contributed by atoms with Gasteiger partial charge in [-0.3, -0.25) is 4.90 Å². The van der Waals surface area contributed by atoms with Gasteiger partial charge in [-0.05, 0) is 54.2 Å². The first kappa shape index (κ1) is 14.0. The highest BCUT2D eigenvalue weighted by molar-refractivity contribution is 9.11. The highest BCUT2D eigenvalue weighted by atomic mass is 79.9. The zero-order valence-corrected chi connectivity index (χ0v) is 13.6. The lowest BCUT2D eigenvalue weighted by molar-refractivity contribution is -0.0747. The Morgan fingerprint density at radius 1 is 1.47 bits per heavy atom. The Kier molecular flexibility index (Phi) is 4.29. The van der Waals surface area contributed by atoms with Gasteiger partial charge in [0, 0.05) is 23.5 Å². The Bertz CT molecular complexity index is 437. The van der Waals surface area contributed by atoms with E-state index in [-0.39, 0.29) is 6.04 Å². The van der Waals surface area contributed by atoms with Gasteiger partial charge in [0.25, 0.3) is 0 Å². The maximum atomic E-state index is 6.30. The average Bonchev–Trinajstić information content (AvgIpc) is 2.98. The van der Waals surface area contributed by atoms with Gasteiger partial charge in [-0.2, -0.15) is 0 Å². The van der Waals surface area contributed by atoms with E-state index in [1.165, 1.54) is 27.9 Å². The van der Waals surface area contributed by atoms with Crippen LogP contribution in [0.5, 0.6) is 0 Å². The van der Waals surface area contributed by atoms with Gasteiger partial charge < -0.3 is 10.5 Å². The highest BCUT2D eigenvalue weighted by Gasteiger charge is 2.40. The number of ether oxygens (including phenoxy) is 1. The summed E-state index contributed by atoms with van der Waals surface area (Å²) in [5, 5.41) is 0. The first-order chi connectivity index (χ1) is 9.16. The quantitative estimate of drug-likeness (QED) is 0.915. The van der Waals surface area contributed by atoms with E-state index in [2.05, 4.69) is 39.9 Å². The van der Waals surface area contributed by atoms with Gasteiger partial charge in [0.1, 0.15) is 0 Å². The maximum Gasteiger partial charge on any atom is 0.0731 e. The molecule has 3 nitrogen and oxygen atoms in total. The predicted molar refractivity (Wildman–Crippen MR) is 82.5 cm³/mol. The topological polar surface area (TPSA) is 38.5 Å². The van der Waals surface area contributed by atoms with Gasteiger partial charge in [0.2, 0.25) is 0 Å². The standard InChI is InChI=1S/C14H21BrN2OS/c1-9(16)14(12-5-6-13(15)19-12)17-7-8-18-11-4-2-3-10(11)17/h5-6,9-11,14H,2-4,7-8,16H2,1H3. The third-order valence-corrected chi connectivity index (χ3v) is 5.96. The Hall–Kier alpha value is 0.0600. The van der Waals surface area contributed by atoms with Gasteiger partial charge in [0.05, 0.1) is 22.5 Å². The summed E-state index contributed by atoms with van der Waals surface area (Å²) < 4.78 is 7.10. The fourth-order valence-electron chi connectivity index (χ4n) is 3.51. The Labute approximate surface area is 127 Å². The van der Waals surface area contributed by atoms with Crippen molar-refractivity contribution in [1.29, 1.82) is 0 Å². The fraction of sp³-hybridized carbons (Fsp3) is 0.714. The van der Waals surface area contributed by atoms with Crippen LogP contribution in [0.4, 0.5) is 0 Å². The fourth-order valence-corrected chi connectivity index (χ4v) is 5.17. The van der Waals surface area contributed by atoms with Gasteiger partial charge in [-0.1, -0.05) is 0 Å². The van der Waals surface area contributed by atoms with Gasteiger partial charge >= 0.3 is 0 Å². The second kappa shape index (κ2) is 5.82. The summed E-state index contributed by atoms with van der Waals surface area (Å²) >= 11 is 5.37. The molecular formula is C14H21BrN2OS. The van der Waals surface area contributed by atoms with Crippen molar-refractivity contribution in [1.82, 2.24) is 4.90 Å². The molecule has 0 amide bonds. The molecule has 0 aromatic carbocycles. The molecule has 0 radical (unpaired) electrons. The molecule has 1 aliphatic carbocycles. The summed E-state index contributed by atoms with van der Waals surface area (Å²) in [6, 6.07) is 5.37. The minimum Gasteiger partial charge on any atom is -0.375 e. The zero-order chi connectivity index (χ0) is 13.4. The molecule has 1 saturated heterocycles. The molecule has 0 spiro atoms. The molecule has 1 aromatic rings. The predicted octanol–water partition coefficient (Wildman–Crippen LogP) is 3.15. The van der Waals surface area contributed by atoms with Crippen LogP contribution in [-0.2, 0) is 4.74 Å². The lowest BCUT2D eigenvalue weighted by Gasteiger charge is -2.43. The normalized spacial score (nSPS) is 31.1. The van der Waals surface area contributed by atoms with E-state index < -0.39 is 0 Å². The van der Waals surface area contributed by atoms with Crippen molar-refractivity contribution in [3.63, 3.8) is 0 Å². The summed E-state index contributed by atoms with van der Waals surface area (Å²) in [5.41, 5.74) is 6.30. The summed E-state index contributed by atoms with van der Waals surface area (Å²) in [6.45, 7) is 3.97. The summed E-state index contributed by atoms with van der Waals surface area (Å²) in [6.07, 6.45) is 4.17. The van der Waals surface area contributed by atoms with Crippen LogP contribution in [0.25, 0.3) is 0 Å². The summed E-state index contributed by atoms with van der Waals surface area (Å²) in [4.78, 5) is 3.97. The lowest BCUT2D eigenvalue weighted by Crippen LogP contribution is -2.53. The van der Waals surface area contributed by atoms with Crippen molar-refractivity contribution in [2.75, 3.05) is 13.2 Å². The molecule has 1 aromatic heterocycles. The van der Waals surface area contributed by atoms with Crippen LogP contribution in [-0.4, -0.2) is 36.2 Å². The number of nitrogens with zero attached hydrogens (tertiary/aromatic N) is 1. The molecular weight excluding hydrogens is 324 g/mol.